The van der Waals surface area contributed by atoms with Crippen LogP contribution in [-0.4, -0.2) is 45.8 Å². The van der Waals surface area contributed by atoms with Gasteiger partial charge in [-0.05, 0) is 80.1 Å². The number of anilines is 1. The zero-order valence-electron chi connectivity index (χ0n) is 22.0. The molecule has 9 heteroatoms. The largest absolute Gasteiger partial charge is 0.478 e. The van der Waals surface area contributed by atoms with E-state index in [4.69, 9.17) is 14.6 Å². The van der Waals surface area contributed by atoms with Crippen LogP contribution < -0.4 is 14.8 Å². The van der Waals surface area contributed by atoms with Crippen molar-refractivity contribution in [2.75, 3.05) is 18.4 Å². The second-order valence-corrected chi connectivity index (χ2v) is 10.3. The molecule has 1 heterocycles. The molecule has 39 heavy (non-hydrogen) atoms. The summed E-state index contributed by atoms with van der Waals surface area (Å²) < 4.78 is 25.2. The van der Waals surface area contributed by atoms with Gasteiger partial charge >= 0.3 is 12.0 Å². The monoisotopic (exact) mass is 536 g/mol. The van der Waals surface area contributed by atoms with Crippen molar-refractivity contribution >= 4 is 17.7 Å². The summed E-state index contributed by atoms with van der Waals surface area (Å²) in [6, 6.07) is 16.0. The first-order chi connectivity index (χ1) is 18.6. The number of urea groups is 1. The number of hydrogen-bond acceptors (Lipinski definition) is 5. The van der Waals surface area contributed by atoms with Crippen molar-refractivity contribution < 1.29 is 33.7 Å². The number of nitrogens with zero attached hydrogens (tertiary/aromatic N) is 1. The summed E-state index contributed by atoms with van der Waals surface area (Å²) in [7, 11) is 0. The minimum absolute atomic E-state index is 0.126. The molecule has 3 aromatic rings. The molecular weight excluding hydrogens is 503 g/mol. The van der Waals surface area contributed by atoms with Crippen molar-refractivity contribution in [1.29, 1.82) is 0 Å². The number of carboxylic acids is 1. The average molecular weight is 537 g/mol. The number of aliphatic hydroxyl groups is 1. The third-order valence-electron chi connectivity index (χ3n) is 6.51. The zero-order chi connectivity index (χ0) is 28.0. The molecule has 1 atom stereocenters. The maximum absolute atomic E-state index is 13.4. The third-order valence-corrected chi connectivity index (χ3v) is 6.51. The van der Waals surface area contributed by atoms with Crippen molar-refractivity contribution in [1.82, 2.24) is 4.90 Å². The quantitative estimate of drug-likeness (QED) is 0.289. The Hall–Kier alpha value is -4.11. The van der Waals surface area contributed by atoms with E-state index in [1.807, 2.05) is 0 Å². The number of hydrogen-bond donors (Lipinski definition) is 3. The highest BCUT2D eigenvalue weighted by Gasteiger charge is 2.32. The fourth-order valence-electron chi connectivity index (χ4n) is 4.75. The van der Waals surface area contributed by atoms with E-state index in [1.54, 1.807) is 23.1 Å². The molecule has 0 saturated carbocycles. The lowest BCUT2D eigenvalue weighted by molar-refractivity contribution is 0.00677. The summed E-state index contributed by atoms with van der Waals surface area (Å²) in [6.07, 6.45) is 2.55. The van der Waals surface area contributed by atoms with Gasteiger partial charge < -0.3 is 29.9 Å². The number of likely N-dealkylation sites (tertiary alicyclic amines) is 1. The number of benzene rings is 3. The van der Waals surface area contributed by atoms with E-state index in [1.165, 1.54) is 48.5 Å². The van der Waals surface area contributed by atoms with Crippen molar-refractivity contribution in [3.05, 3.63) is 78.1 Å². The van der Waals surface area contributed by atoms with Crippen molar-refractivity contribution in [2.24, 2.45) is 5.92 Å². The second-order valence-electron chi connectivity index (χ2n) is 10.3. The number of amides is 2. The third kappa shape index (κ3) is 7.94. The van der Waals surface area contributed by atoms with Crippen LogP contribution in [0.4, 0.5) is 14.9 Å². The fourth-order valence-corrected chi connectivity index (χ4v) is 4.75. The highest BCUT2D eigenvalue weighted by molar-refractivity contribution is 5.90. The van der Waals surface area contributed by atoms with Crippen LogP contribution in [0.1, 0.15) is 49.9 Å². The fraction of sp³-hybridized carbons (Fsp3) is 0.333. The maximum atomic E-state index is 13.4. The van der Waals surface area contributed by atoms with Crippen LogP contribution in [0, 0.1) is 11.7 Å². The molecule has 1 aliphatic rings. The Morgan fingerprint density at radius 3 is 2.08 bits per heavy atom. The van der Waals surface area contributed by atoms with Gasteiger partial charge in [-0.15, -0.1) is 0 Å². The molecular formula is C30H33FN2O6. The van der Waals surface area contributed by atoms with Gasteiger partial charge in [-0.2, -0.15) is 0 Å². The lowest BCUT2D eigenvalue weighted by Gasteiger charge is -2.28. The Morgan fingerprint density at radius 1 is 0.923 bits per heavy atom. The molecule has 4 rings (SSSR count). The average Bonchev–Trinajstić information content (AvgIpc) is 3.06. The van der Waals surface area contributed by atoms with E-state index in [9.17, 15) is 19.1 Å². The molecule has 0 bridgehead atoms. The summed E-state index contributed by atoms with van der Waals surface area (Å²) in [5.74, 6) is 0.404. The molecule has 1 fully saturated rings. The molecule has 206 valence electrons. The minimum Gasteiger partial charge on any atom is -0.478 e. The van der Waals surface area contributed by atoms with Gasteiger partial charge in [0.1, 0.15) is 28.8 Å². The van der Waals surface area contributed by atoms with E-state index in [-0.39, 0.29) is 11.6 Å². The SMILES string of the molecule is CC(C)CC1(O)CCCN(C(=O)Nc2cc(Oc3ccc(F)cc3)cc(Oc3ccc(C(=O)O)cc3)c2)CC1. The number of carboxylic acid groups (broad SMARTS) is 1. The normalized spacial score (nSPS) is 17.4. The van der Waals surface area contributed by atoms with Gasteiger partial charge in [-0.1, -0.05) is 13.8 Å². The number of aromatic carboxylic acids is 1. The highest BCUT2D eigenvalue weighted by atomic mass is 19.1. The van der Waals surface area contributed by atoms with Crippen LogP contribution in [-0.2, 0) is 0 Å². The Kier molecular flexibility index (Phi) is 8.71. The van der Waals surface area contributed by atoms with E-state index < -0.39 is 17.4 Å². The number of carbonyl (C=O) groups is 2. The summed E-state index contributed by atoms with van der Waals surface area (Å²) >= 11 is 0. The van der Waals surface area contributed by atoms with Crippen LogP contribution in [0.2, 0.25) is 0 Å². The van der Waals surface area contributed by atoms with Crippen LogP contribution in [0.3, 0.4) is 0 Å². The van der Waals surface area contributed by atoms with Crippen molar-refractivity contribution in [3.63, 3.8) is 0 Å². The molecule has 2 amide bonds. The number of rotatable bonds is 8. The van der Waals surface area contributed by atoms with Gasteiger partial charge in [0, 0.05) is 37.0 Å². The van der Waals surface area contributed by atoms with Gasteiger partial charge in [0.05, 0.1) is 11.2 Å². The molecule has 0 radical (unpaired) electrons. The standard InChI is InChI=1S/C30H33FN2O6/c1-20(2)19-30(37)12-3-14-33(15-13-30)29(36)32-23-16-26(38-24-8-4-21(5-9-24)28(34)35)18-27(17-23)39-25-10-6-22(31)7-11-25/h4-11,16-18,20,37H,3,12-15,19H2,1-2H3,(H,32,36)(H,34,35). The predicted octanol–water partition coefficient (Wildman–Crippen LogP) is 6.90. The second kappa shape index (κ2) is 12.2. The molecule has 1 unspecified atom stereocenters. The molecule has 1 aliphatic heterocycles. The molecule has 3 aromatic carbocycles. The van der Waals surface area contributed by atoms with E-state index >= 15 is 0 Å². The minimum atomic E-state index is -1.04. The highest BCUT2D eigenvalue weighted by Crippen LogP contribution is 2.34. The smallest absolute Gasteiger partial charge is 0.335 e. The first kappa shape index (κ1) is 27.9. The summed E-state index contributed by atoms with van der Waals surface area (Å²) in [5, 5.41) is 23.0. The lowest BCUT2D eigenvalue weighted by atomic mass is 9.86. The Bertz CT molecular complexity index is 1300. The van der Waals surface area contributed by atoms with Crippen LogP contribution in [0.15, 0.2) is 66.7 Å². The Balaban J connectivity index is 1.53. The van der Waals surface area contributed by atoms with E-state index in [2.05, 4.69) is 19.2 Å². The van der Waals surface area contributed by atoms with Crippen LogP contribution in [0.5, 0.6) is 23.0 Å². The van der Waals surface area contributed by atoms with Gasteiger partial charge in [-0.25, -0.2) is 14.0 Å². The maximum Gasteiger partial charge on any atom is 0.335 e. The Labute approximate surface area is 227 Å². The first-order valence-electron chi connectivity index (χ1n) is 13.0. The Morgan fingerprint density at radius 2 is 1.51 bits per heavy atom. The van der Waals surface area contributed by atoms with E-state index in [0.29, 0.717) is 73.4 Å². The van der Waals surface area contributed by atoms with Gasteiger partial charge in [0.2, 0.25) is 0 Å². The topological polar surface area (TPSA) is 108 Å². The van der Waals surface area contributed by atoms with Gasteiger partial charge in [0.25, 0.3) is 0 Å². The predicted molar refractivity (Wildman–Crippen MR) is 145 cm³/mol. The number of nitrogens with one attached hydrogen (secondary N) is 1. The lowest BCUT2D eigenvalue weighted by Crippen LogP contribution is -2.37. The molecule has 3 N–H and O–H groups in total. The molecule has 0 aliphatic carbocycles. The number of carbonyl (C=O) groups excluding carboxylic acids is 1. The van der Waals surface area contributed by atoms with Gasteiger partial charge in [0.15, 0.2) is 0 Å². The van der Waals surface area contributed by atoms with Crippen molar-refractivity contribution in [3.8, 4) is 23.0 Å². The van der Waals surface area contributed by atoms with E-state index in [0.717, 1.165) is 0 Å². The van der Waals surface area contributed by atoms with Crippen LogP contribution in [0.25, 0.3) is 0 Å². The number of ether oxygens (including phenoxy) is 2. The van der Waals surface area contributed by atoms with Crippen LogP contribution >= 0.6 is 0 Å². The summed E-state index contributed by atoms with van der Waals surface area (Å²) in [6.45, 7) is 5.11. The number of halogens is 1. The molecule has 0 spiro atoms. The van der Waals surface area contributed by atoms with Crippen molar-refractivity contribution in [2.45, 2.75) is 45.1 Å². The molecule has 1 saturated heterocycles. The molecule has 0 aromatic heterocycles. The molecule has 8 nitrogen and oxygen atoms in total. The zero-order valence-corrected chi connectivity index (χ0v) is 22.0. The summed E-state index contributed by atoms with van der Waals surface area (Å²) in [4.78, 5) is 26.0. The summed E-state index contributed by atoms with van der Waals surface area (Å²) in [5.41, 5.74) is -0.233. The first-order valence-corrected chi connectivity index (χ1v) is 13.0. The van der Waals surface area contributed by atoms with Gasteiger partial charge in [-0.3, -0.25) is 0 Å².